The second-order valence-electron chi connectivity index (χ2n) is 5.99. The molecular weight excluding hydrogens is 332 g/mol. The maximum Gasteiger partial charge on any atom is 0.419 e. The third kappa shape index (κ3) is 3.08. The predicted octanol–water partition coefficient (Wildman–Crippen LogP) is 1.97. The summed E-state index contributed by atoms with van der Waals surface area (Å²) < 4.78 is 8.58. The molecule has 0 atom stereocenters. The minimum Gasteiger partial charge on any atom is -0.405 e. The van der Waals surface area contributed by atoms with Gasteiger partial charge in [0.05, 0.1) is 17.7 Å². The van der Waals surface area contributed by atoms with Gasteiger partial charge in [0.2, 0.25) is 0 Å². The largest absolute Gasteiger partial charge is 0.419 e. The highest BCUT2D eigenvalue weighted by atomic mass is 16.4. The molecule has 0 aliphatic rings. The standard InChI is InChI=1S/C18H18N6O2/c1-23-15-9-5-8-14(17(15)26-18(23)25)19-12-16-20-21-22-24(16)11-10-13-6-3-2-4-7-13/h2-9,19H,10-12H2,1H3. The Labute approximate surface area is 149 Å². The number of anilines is 1. The molecule has 8 heteroatoms. The van der Waals surface area contributed by atoms with Crippen LogP contribution in [-0.4, -0.2) is 24.8 Å². The van der Waals surface area contributed by atoms with Crippen LogP contribution in [-0.2, 0) is 26.6 Å². The number of para-hydroxylation sites is 1. The van der Waals surface area contributed by atoms with Crippen LogP contribution < -0.4 is 11.1 Å². The van der Waals surface area contributed by atoms with Crippen molar-refractivity contribution in [2.75, 3.05) is 5.32 Å². The number of hydrogen-bond donors (Lipinski definition) is 1. The lowest BCUT2D eigenvalue weighted by Gasteiger charge is -2.08. The van der Waals surface area contributed by atoms with Gasteiger partial charge in [-0.3, -0.25) is 4.57 Å². The van der Waals surface area contributed by atoms with Crippen LogP contribution in [0.5, 0.6) is 0 Å². The van der Waals surface area contributed by atoms with E-state index in [1.165, 1.54) is 10.1 Å². The summed E-state index contributed by atoms with van der Waals surface area (Å²) in [6.07, 6.45) is 0.849. The Kier molecular flexibility index (Phi) is 4.22. The normalized spacial score (nSPS) is 11.1. The van der Waals surface area contributed by atoms with E-state index in [0.717, 1.165) is 23.4 Å². The smallest absolute Gasteiger partial charge is 0.405 e. The molecule has 8 nitrogen and oxygen atoms in total. The van der Waals surface area contributed by atoms with Gasteiger partial charge in [-0.1, -0.05) is 36.4 Å². The number of nitrogens with one attached hydrogen (secondary N) is 1. The topological polar surface area (TPSA) is 90.8 Å². The van der Waals surface area contributed by atoms with Gasteiger partial charge in [0.15, 0.2) is 11.4 Å². The number of hydrogen-bond acceptors (Lipinski definition) is 6. The molecule has 0 bridgehead atoms. The molecule has 1 N–H and O–H groups in total. The van der Waals surface area contributed by atoms with Crippen molar-refractivity contribution >= 4 is 16.8 Å². The number of aromatic nitrogens is 5. The molecule has 0 saturated carbocycles. The fourth-order valence-electron chi connectivity index (χ4n) is 2.87. The summed E-state index contributed by atoms with van der Waals surface area (Å²) in [5, 5.41) is 15.2. The van der Waals surface area contributed by atoms with Gasteiger partial charge in [-0.25, -0.2) is 9.48 Å². The van der Waals surface area contributed by atoms with Crippen LogP contribution in [0.4, 0.5) is 5.69 Å². The van der Waals surface area contributed by atoms with E-state index in [1.54, 1.807) is 11.7 Å². The van der Waals surface area contributed by atoms with Gasteiger partial charge in [-0.15, -0.1) is 5.10 Å². The van der Waals surface area contributed by atoms with Crippen LogP contribution in [0.2, 0.25) is 0 Å². The molecule has 2 heterocycles. The van der Waals surface area contributed by atoms with Crippen molar-refractivity contribution in [1.82, 2.24) is 24.8 Å². The lowest BCUT2D eigenvalue weighted by atomic mass is 10.1. The molecule has 0 fully saturated rings. The SMILES string of the molecule is Cn1c(=O)oc2c(NCc3nnnn3CCc3ccccc3)cccc21. The first-order chi connectivity index (χ1) is 12.7. The van der Waals surface area contributed by atoms with Crippen molar-refractivity contribution < 1.29 is 4.42 Å². The first-order valence-corrected chi connectivity index (χ1v) is 8.34. The summed E-state index contributed by atoms with van der Waals surface area (Å²) in [5.74, 6) is 0.332. The molecule has 0 saturated heterocycles. The zero-order valence-corrected chi connectivity index (χ0v) is 14.3. The van der Waals surface area contributed by atoms with E-state index >= 15 is 0 Å². The van der Waals surface area contributed by atoms with Crippen LogP contribution in [0.1, 0.15) is 11.4 Å². The number of rotatable bonds is 6. The van der Waals surface area contributed by atoms with E-state index in [4.69, 9.17) is 4.42 Å². The maximum atomic E-state index is 11.7. The average molecular weight is 350 g/mol. The zero-order chi connectivity index (χ0) is 17.9. The molecule has 4 rings (SSSR count). The van der Waals surface area contributed by atoms with Gasteiger partial charge in [-0.05, 0) is 34.5 Å². The molecule has 0 unspecified atom stereocenters. The summed E-state index contributed by atoms with van der Waals surface area (Å²) in [7, 11) is 1.68. The third-order valence-corrected chi connectivity index (χ3v) is 4.32. The van der Waals surface area contributed by atoms with E-state index in [0.29, 0.717) is 18.7 Å². The summed E-state index contributed by atoms with van der Waals surface area (Å²) in [6.45, 7) is 1.12. The second-order valence-corrected chi connectivity index (χ2v) is 5.99. The summed E-state index contributed by atoms with van der Waals surface area (Å²) in [6, 6.07) is 15.8. The van der Waals surface area contributed by atoms with Gasteiger partial charge in [0.25, 0.3) is 0 Å². The Balaban J connectivity index is 1.48. The van der Waals surface area contributed by atoms with E-state index < -0.39 is 0 Å². The van der Waals surface area contributed by atoms with Crippen molar-refractivity contribution in [3.05, 3.63) is 70.5 Å². The first kappa shape index (κ1) is 16.1. The summed E-state index contributed by atoms with van der Waals surface area (Å²) >= 11 is 0. The quantitative estimate of drug-likeness (QED) is 0.572. The second kappa shape index (κ2) is 6.83. The highest BCUT2D eigenvalue weighted by Gasteiger charge is 2.11. The van der Waals surface area contributed by atoms with E-state index in [9.17, 15) is 4.79 Å². The van der Waals surface area contributed by atoms with Gasteiger partial charge in [-0.2, -0.15) is 0 Å². The van der Waals surface area contributed by atoms with Crippen LogP contribution >= 0.6 is 0 Å². The Morgan fingerprint density at radius 2 is 1.96 bits per heavy atom. The van der Waals surface area contributed by atoms with Crippen LogP contribution in [0.3, 0.4) is 0 Å². The Bertz CT molecular complexity index is 1080. The molecule has 0 amide bonds. The van der Waals surface area contributed by atoms with Crippen molar-refractivity contribution in [2.24, 2.45) is 7.05 Å². The molecule has 2 aromatic carbocycles. The zero-order valence-electron chi connectivity index (χ0n) is 14.3. The Morgan fingerprint density at radius 3 is 2.81 bits per heavy atom. The minimum atomic E-state index is -0.387. The van der Waals surface area contributed by atoms with Gasteiger partial charge in [0, 0.05) is 13.6 Å². The molecule has 0 aliphatic carbocycles. The van der Waals surface area contributed by atoms with E-state index in [2.05, 4.69) is 33.0 Å². The van der Waals surface area contributed by atoms with Crippen molar-refractivity contribution in [3.63, 3.8) is 0 Å². The first-order valence-electron chi connectivity index (χ1n) is 8.34. The highest BCUT2D eigenvalue weighted by Crippen LogP contribution is 2.22. The Hall–Kier alpha value is -3.42. The number of oxazole rings is 1. The van der Waals surface area contributed by atoms with Crippen LogP contribution in [0, 0.1) is 0 Å². The molecule has 2 aromatic heterocycles. The number of aryl methyl sites for hydroxylation is 3. The fraction of sp³-hybridized carbons (Fsp3) is 0.222. The third-order valence-electron chi connectivity index (χ3n) is 4.32. The minimum absolute atomic E-state index is 0.387. The summed E-state index contributed by atoms with van der Waals surface area (Å²) in [5.41, 5.74) is 3.24. The predicted molar refractivity (Wildman–Crippen MR) is 96.7 cm³/mol. The Morgan fingerprint density at radius 1 is 1.12 bits per heavy atom. The lowest BCUT2D eigenvalue weighted by molar-refractivity contribution is 0.528. The highest BCUT2D eigenvalue weighted by molar-refractivity contribution is 5.86. The van der Waals surface area contributed by atoms with Gasteiger partial charge in [0.1, 0.15) is 0 Å². The van der Waals surface area contributed by atoms with Crippen molar-refractivity contribution in [3.8, 4) is 0 Å². The van der Waals surface area contributed by atoms with Crippen molar-refractivity contribution in [2.45, 2.75) is 19.5 Å². The monoisotopic (exact) mass is 350 g/mol. The lowest BCUT2D eigenvalue weighted by Crippen LogP contribution is -2.12. The van der Waals surface area contributed by atoms with Gasteiger partial charge < -0.3 is 9.73 Å². The fourth-order valence-corrected chi connectivity index (χ4v) is 2.87. The van der Waals surface area contributed by atoms with Crippen molar-refractivity contribution in [1.29, 1.82) is 0 Å². The molecule has 132 valence electrons. The molecule has 0 spiro atoms. The summed E-state index contributed by atoms with van der Waals surface area (Å²) in [4.78, 5) is 11.7. The molecule has 26 heavy (non-hydrogen) atoms. The molecule has 0 radical (unpaired) electrons. The molecular formula is C18H18N6O2. The number of benzene rings is 2. The number of nitrogens with zero attached hydrogens (tertiary/aromatic N) is 5. The van der Waals surface area contributed by atoms with Gasteiger partial charge >= 0.3 is 5.76 Å². The molecule has 4 aromatic rings. The van der Waals surface area contributed by atoms with Crippen LogP contribution in [0.15, 0.2) is 57.7 Å². The average Bonchev–Trinajstić information content (AvgIpc) is 3.24. The number of fused-ring (bicyclic) bond motifs is 1. The molecule has 0 aliphatic heterocycles. The van der Waals surface area contributed by atoms with E-state index in [-0.39, 0.29) is 5.76 Å². The van der Waals surface area contributed by atoms with E-state index in [1.807, 2.05) is 36.4 Å². The van der Waals surface area contributed by atoms with Crippen LogP contribution in [0.25, 0.3) is 11.1 Å². The number of tetrazole rings is 1. The maximum absolute atomic E-state index is 11.7.